The van der Waals surface area contributed by atoms with Crippen LogP contribution in [0.4, 0.5) is 19.1 Å². The summed E-state index contributed by atoms with van der Waals surface area (Å²) in [6, 6.07) is 3.80. The standard InChI is InChI=1S/C14H13F3N4O3/c1-20(13-18-6-5-10(19-13)24-2)11(22)9-4-3-7-21(12(9)23)8-14(15,16)17/h3-7H,8H2,1-2H3. The minimum Gasteiger partial charge on any atom is -0.481 e. The van der Waals surface area contributed by atoms with Gasteiger partial charge in [-0.25, -0.2) is 4.98 Å². The second-order valence-corrected chi connectivity index (χ2v) is 4.73. The highest BCUT2D eigenvalue weighted by Crippen LogP contribution is 2.17. The van der Waals surface area contributed by atoms with Crippen LogP contribution in [-0.4, -0.2) is 40.8 Å². The van der Waals surface area contributed by atoms with E-state index in [-0.39, 0.29) is 11.8 Å². The number of alkyl halides is 3. The minimum absolute atomic E-state index is 0.0509. The summed E-state index contributed by atoms with van der Waals surface area (Å²) in [5.74, 6) is -0.683. The van der Waals surface area contributed by atoms with Gasteiger partial charge in [0, 0.05) is 25.5 Å². The van der Waals surface area contributed by atoms with Gasteiger partial charge in [-0.05, 0) is 12.1 Å². The van der Waals surface area contributed by atoms with Crippen molar-refractivity contribution in [2.75, 3.05) is 19.1 Å². The van der Waals surface area contributed by atoms with E-state index < -0.39 is 29.8 Å². The van der Waals surface area contributed by atoms with E-state index in [4.69, 9.17) is 4.74 Å². The average molecular weight is 342 g/mol. The Bertz CT molecular complexity index is 804. The van der Waals surface area contributed by atoms with E-state index in [0.29, 0.717) is 4.57 Å². The fourth-order valence-corrected chi connectivity index (χ4v) is 1.90. The molecule has 7 nitrogen and oxygen atoms in total. The zero-order valence-corrected chi connectivity index (χ0v) is 12.7. The van der Waals surface area contributed by atoms with Crippen LogP contribution in [0.15, 0.2) is 35.4 Å². The first-order valence-electron chi connectivity index (χ1n) is 6.64. The van der Waals surface area contributed by atoms with E-state index in [1.54, 1.807) is 0 Å². The Labute approximate surface area is 134 Å². The van der Waals surface area contributed by atoms with Crippen LogP contribution >= 0.6 is 0 Å². The number of rotatable bonds is 4. The number of anilines is 1. The van der Waals surface area contributed by atoms with Crippen LogP contribution in [0.25, 0.3) is 0 Å². The minimum atomic E-state index is -4.58. The maximum Gasteiger partial charge on any atom is 0.406 e. The normalized spacial score (nSPS) is 11.2. The third-order valence-corrected chi connectivity index (χ3v) is 3.03. The molecule has 0 aliphatic heterocycles. The molecule has 0 spiro atoms. The summed E-state index contributed by atoms with van der Waals surface area (Å²) in [6.45, 7) is -1.48. The molecule has 1 amide bonds. The van der Waals surface area contributed by atoms with Gasteiger partial charge in [-0.1, -0.05) is 0 Å². The van der Waals surface area contributed by atoms with Crippen molar-refractivity contribution in [1.29, 1.82) is 0 Å². The van der Waals surface area contributed by atoms with Crippen LogP contribution in [0, 0.1) is 0 Å². The molecule has 2 aromatic heterocycles. The number of carbonyl (C=O) groups is 1. The molecule has 0 saturated heterocycles. The molecule has 0 N–H and O–H groups in total. The summed E-state index contributed by atoms with van der Waals surface area (Å²) in [7, 11) is 2.68. The van der Waals surface area contributed by atoms with Crippen molar-refractivity contribution in [2.24, 2.45) is 0 Å². The molecule has 0 aliphatic rings. The average Bonchev–Trinajstić information content (AvgIpc) is 2.54. The van der Waals surface area contributed by atoms with Gasteiger partial charge in [-0.2, -0.15) is 18.2 Å². The number of halogens is 3. The molecule has 0 atom stereocenters. The second kappa shape index (κ2) is 6.69. The smallest absolute Gasteiger partial charge is 0.406 e. The van der Waals surface area contributed by atoms with Crippen molar-refractivity contribution in [1.82, 2.24) is 14.5 Å². The van der Waals surface area contributed by atoms with E-state index in [0.717, 1.165) is 17.2 Å². The van der Waals surface area contributed by atoms with Gasteiger partial charge in [-0.15, -0.1) is 0 Å². The first-order chi connectivity index (χ1) is 11.2. The summed E-state index contributed by atoms with van der Waals surface area (Å²) in [5.41, 5.74) is -1.47. The van der Waals surface area contributed by atoms with Crippen molar-refractivity contribution < 1.29 is 22.7 Å². The zero-order chi connectivity index (χ0) is 17.9. The van der Waals surface area contributed by atoms with E-state index in [1.807, 2.05) is 0 Å². The molecule has 10 heteroatoms. The number of ether oxygens (including phenoxy) is 1. The van der Waals surface area contributed by atoms with Gasteiger partial charge in [0.05, 0.1) is 7.11 Å². The molecule has 0 radical (unpaired) electrons. The van der Waals surface area contributed by atoms with Crippen LogP contribution in [0.1, 0.15) is 10.4 Å². The number of amides is 1. The topological polar surface area (TPSA) is 77.3 Å². The number of methoxy groups -OCH3 is 1. The molecule has 0 saturated carbocycles. The summed E-state index contributed by atoms with van der Waals surface area (Å²) in [4.78, 5) is 33.2. The van der Waals surface area contributed by atoms with Crippen molar-refractivity contribution in [3.8, 4) is 5.88 Å². The summed E-state index contributed by atoms with van der Waals surface area (Å²) in [6.07, 6.45) is -2.26. The van der Waals surface area contributed by atoms with Crippen molar-refractivity contribution >= 4 is 11.9 Å². The molecule has 2 aromatic rings. The number of aromatic nitrogens is 3. The third-order valence-electron chi connectivity index (χ3n) is 3.03. The molecule has 0 unspecified atom stereocenters. The Hall–Kier alpha value is -2.91. The first-order valence-corrected chi connectivity index (χ1v) is 6.64. The molecule has 0 aromatic carbocycles. The third kappa shape index (κ3) is 3.89. The molecule has 2 heterocycles. The van der Waals surface area contributed by atoms with E-state index in [1.165, 1.54) is 32.5 Å². The molecule has 0 fully saturated rings. The molecule has 24 heavy (non-hydrogen) atoms. The molecular weight excluding hydrogens is 329 g/mol. The predicted octanol–water partition coefficient (Wildman–Crippen LogP) is 1.49. The Balaban J connectivity index is 2.35. The Morgan fingerprint density at radius 2 is 2.08 bits per heavy atom. The van der Waals surface area contributed by atoms with Gasteiger partial charge < -0.3 is 9.30 Å². The predicted molar refractivity (Wildman–Crippen MR) is 78.1 cm³/mol. The van der Waals surface area contributed by atoms with Gasteiger partial charge in [0.25, 0.3) is 11.5 Å². The molecule has 2 rings (SSSR count). The maximum atomic E-state index is 12.5. The molecular formula is C14H13F3N4O3. The van der Waals surface area contributed by atoms with Crippen molar-refractivity contribution in [3.05, 3.63) is 46.5 Å². The quantitative estimate of drug-likeness (QED) is 0.841. The number of pyridine rings is 1. The van der Waals surface area contributed by atoms with Crippen LogP contribution in [0.5, 0.6) is 5.88 Å². The van der Waals surface area contributed by atoms with Crippen LogP contribution < -0.4 is 15.2 Å². The maximum absolute atomic E-state index is 12.5. The molecule has 0 aliphatic carbocycles. The fraction of sp³-hybridized carbons (Fsp3) is 0.286. The lowest BCUT2D eigenvalue weighted by Crippen LogP contribution is -2.36. The van der Waals surface area contributed by atoms with Gasteiger partial charge >= 0.3 is 6.18 Å². The van der Waals surface area contributed by atoms with Crippen LogP contribution in [0.3, 0.4) is 0 Å². The first kappa shape index (κ1) is 17.4. The lowest BCUT2D eigenvalue weighted by atomic mass is 10.2. The van der Waals surface area contributed by atoms with E-state index in [2.05, 4.69) is 9.97 Å². The SMILES string of the molecule is COc1ccnc(N(C)C(=O)c2cccn(CC(F)(F)F)c2=O)n1. The monoisotopic (exact) mass is 342 g/mol. The highest BCUT2D eigenvalue weighted by molar-refractivity contribution is 6.04. The highest BCUT2D eigenvalue weighted by Gasteiger charge is 2.29. The fourth-order valence-electron chi connectivity index (χ4n) is 1.90. The zero-order valence-electron chi connectivity index (χ0n) is 12.7. The van der Waals surface area contributed by atoms with Crippen molar-refractivity contribution in [2.45, 2.75) is 12.7 Å². The largest absolute Gasteiger partial charge is 0.481 e. The number of carbonyl (C=O) groups excluding carboxylic acids is 1. The highest BCUT2D eigenvalue weighted by atomic mass is 19.4. The number of nitrogens with zero attached hydrogens (tertiary/aromatic N) is 4. The molecule has 128 valence electrons. The lowest BCUT2D eigenvalue weighted by Gasteiger charge is -2.16. The molecule has 0 bridgehead atoms. The Morgan fingerprint density at radius 3 is 2.71 bits per heavy atom. The van der Waals surface area contributed by atoms with Gasteiger partial charge in [0.15, 0.2) is 0 Å². The second-order valence-electron chi connectivity index (χ2n) is 4.73. The summed E-state index contributed by atoms with van der Waals surface area (Å²) >= 11 is 0. The van der Waals surface area contributed by atoms with Gasteiger partial charge in [0.1, 0.15) is 12.1 Å². The van der Waals surface area contributed by atoms with Gasteiger partial charge in [0.2, 0.25) is 11.8 Å². The van der Waals surface area contributed by atoms with Gasteiger partial charge in [-0.3, -0.25) is 14.5 Å². The lowest BCUT2D eigenvalue weighted by molar-refractivity contribution is -0.141. The van der Waals surface area contributed by atoms with E-state index >= 15 is 0 Å². The number of hydrogen-bond acceptors (Lipinski definition) is 5. The van der Waals surface area contributed by atoms with Crippen LogP contribution in [0.2, 0.25) is 0 Å². The van der Waals surface area contributed by atoms with E-state index in [9.17, 15) is 22.8 Å². The Kier molecular flexibility index (Phi) is 4.86. The Morgan fingerprint density at radius 1 is 1.38 bits per heavy atom. The van der Waals surface area contributed by atoms with Crippen molar-refractivity contribution in [3.63, 3.8) is 0 Å². The summed E-state index contributed by atoms with van der Waals surface area (Å²) < 4.78 is 42.7. The van der Waals surface area contributed by atoms with Crippen LogP contribution in [-0.2, 0) is 6.54 Å². The number of hydrogen-bond donors (Lipinski definition) is 0. The summed E-state index contributed by atoms with van der Waals surface area (Å²) in [5, 5.41) is 0.